The molecule has 0 radical (unpaired) electrons. The highest BCUT2D eigenvalue weighted by atomic mass is 16.2. The monoisotopic (exact) mass is 506 g/mol. The molecule has 0 bridgehead atoms. The van der Waals surface area contributed by atoms with Gasteiger partial charge in [0.05, 0.1) is 0 Å². The van der Waals surface area contributed by atoms with Crippen LogP contribution in [0.25, 0.3) is 0 Å². The fourth-order valence-corrected chi connectivity index (χ4v) is 5.58. The number of anilines is 2. The molecule has 7 heteroatoms. The molecule has 2 fully saturated rings. The zero-order chi connectivity index (χ0) is 26.6. The standard InChI is InChI=1S/C30H46N6O/c1-22(37)36-17-10-25(11-18-36)33-27-19-23(7-14-31-27)29(2,3)12-13-30(4,5)24-8-15-32-28(20-24)34-26-9-16-35(6)21-26/h7-8,14-15,19-20,25-26H,9-13,16-18,21H2,1-6H3,(H,31,33)(H,32,34). The lowest BCUT2D eigenvalue weighted by Crippen LogP contribution is -2.41. The van der Waals surface area contributed by atoms with Crippen LogP contribution in [0.4, 0.5) is 11.6 Å². The van der Waals surface area contributed by atoms with Gasteiger partial charge >= 0.3 is 0 Å². The number of likely N-dealkylation sites (tertiary alicyclic amines) is 2. The van der Waals surface area contributed by atoms with E-state index in [0.717, 1.165) is 63.5 Å². The highest BCUT2D eigenvalue weighted by Gasteiger charge is 2.29. The van der Waals surface area contributed by atoms with Gasteiger partial charge < -0.3 is 20.4 Å². The molecule has 2 aliphatic heterocycles. The molecule has 2 aliphatic rings. The molecule has 2 N–H and O–H groups in total. The van der Waals surface area contributed by atoms with Gasteiger partial charge in [0.1, 0.15) is 11.6 Å². The van der Waals surface area contributed by atoms with Crippen molar-refractivity contribution in [3.8, 4) is 0 Å². The number of nitrogens with zero attached hydrogens (tertiary/aromatic N) is 4. The average Bonchev–Trinajstić information content (AvgIpc) is 3.28. The van der Waals surface area contributed by atoms with E-state index >= 15 is 0 Å². The van der Waals surface area contributed by atoms with E-state index < -0.39 is 0 Å². The topological polar surface area (TPSA) is 73.4 Å². The first-order valence-corrected chi connectivity index (χ1v) is 13.9. The molecule has 0 aromatic carbocycles. The maximum Gasteiger partial charge on any atom is 0.219 e. The Morgan fingerprint density at radius 3 is 1.81 bits per heavy atom. The molecule has 1 unspecified atom stereocenters. The van der Waals surface area contributed by atoms with E-state index in [1.54, 1.807) is 6.92 Å². The summed E-state index contributed by atoms with van der Waals surface area (Å²) in [6.45, 7) is 14.9. The summed E-state index contributed by atoms with van der Waals surface area (Å²) in [5.41, 5.74) is 2.71. The molecule has 202 valence electrons. The molecule has 2 aromatic heterocycles. The van der Waals surface area contributed by atoms with Gasteiger partial charge in [-0.15, -0.1) is 0 Å². The maximum atomic E-state index is 11.6. The Hall–Kier alpha value is -2.67. The lowest BCUT2D eigenvalue weighted by Gasteiger charge is -2.33. The van der Waals surface area contributed by atoms with Crippen molar-refractivity contribution < 1.29 is 4.79 Å². The minimum Gasteiger partial charge on any atom is -0.367 e. The number of likely N-dealkylation sites (N-methyl/N-ethyl adjacent to an activating group) is 1. The van der Waals surface area contributed by atoms with Crippen molar-refractivity contribution in [2.45, 2.75) is 89.6 Å². The predicted octanol–water partition coefficient (Wildman–Crippen LogP) is 5.05. The molecule has 37 heavy (non-hydrogen) atoms. The van der Waals surface area contributed by atoms with Crippen molar-refractivity contribution in [1.29, 1.82) is 0 Å². The van der Waals surface area contributed by atoms with E-state index in [4.69, 9.17) is 0 Å². The van der Waals surface area contributed by atoms with Gasteiger partial charge in [-0.05, 0) is 91.9 Å². The van der Waals surface area contributed by atoms with Crippen molar-refractivity contribution >= 4 is 17.5 Å². The van der Waals surface area contributed by atoms with Gasteiger partial charge in [0.2, 0.25) is 5.91 Å². The van der Waals surface area contributed by atoms with Crippen LogP contribution in [0.2, 0.25) is 0 Å². The SMILES string of the molecule is CC(=O)N1CCC(Nc2cc(C(C)(C)CCC(C)(C)c3ccnc(NC4CCN(C)C4)c3)ccn2)CC1. The molecular formula is C30H46N6O. The number of rotatable bonds is 9. The molecule has 2 aromatic rings. The number of carbonyl (C=O) groups excluding carboxylic acids is 1. The first-order valence-electron chi connectivity index (χ1n) is 13.9. The Morgan fingerprint density at radius 1 is 0.865 bits per heavy atom. The second-order valence-electron chi connectivity index (χ2n) is 12.4. The van der Waals surface area contributed by atoms with Gasteiger partial charge in [0.25, 0.3) is 0 Å². The fourth-order valence-electron chi connectivity index (χ4n) is 5.58. The minimum atomic E-state index is 0.0250. The number of aromatic nitrogens is 2. The largest absolute Gasteiger partial charge is 0.367 e. The van der Waals surface area contributed by atoms with E-state index in [1.165, 1.54) is 17.5 Å². The molecule has 1 atom stereocenters. The quantitative estimate of drug-likeness (QED) is 0.496. The number of hydrogen-bond donors (Lipinski definition) is 2. The number of amides is 1. The summed E-state index contributed by atoms with van der Waals surface area (Å²) in [6.07, 6.45) is 9.11. The zero-order valence-corrected chi connectivity index (χ0v) is 23.7. The van der Waals surface area contributed by atoms with Crippen LogP contribution in [0.3, 0.4) is 0 Å². The Morgan fingerprint density at radius 2 is 1.35 bits per heavy atom. The van der Waals surface area contributed by atoms with Gasteiger partial charge in [-0.3, -0.25) is 4.79 Å². The number of pyridine rings is 2. The number of piperidine rings is 1. The smallest absolute Gasteiger partial charge is 0.219 e. The molecule has 1 amide bonds. The first kappa shape index (κ1) is 27.4. The molecule has 4 heterocycles. The van der Waals surface area contributed by atoms with E-state index in [2.05, 4.69) is 84.5 Å². The number of carbonyl (C=O) groups is 1. The third-order valence-corrected chi connectivity index (χ3v) is 8.49. The van der Waals surface area contributed by atoms with Crippen LogP contribution < -0.4 is 10.6 Å². The van der Waals surface area contributed by atoms with Crippen molar-refractivity contribution in [2.75, 3.05) is 43.9 Å². The average molecular weight is 507 g/mol. The van der Waals surface area contributed by atoms with Crippen LogP contribution in [0.1, 0.15) is 77.8 Å². The lowest BCUT2D eigenvalue weighted by molar-refractivity contribution is -0.129. The van der Waals surface area contributed by atoms with Crippen LogP contribution in [-0.2, 0) is 15.6 Å². The van der Waals surface area contributed by atoms with Gasteiger partial charge in [0, 0.05) is 51.0 Å². The summed E-state index contributed by atoms with van der Waals surface area (Å²) in [7, 11) is 2.18. The van der Waals surface area contributed by atoms with E-state index in [0.29, 0.717) is 12.1 Å². The molecule has 0 spiro atoms. The van der Waals surface area contributed by atoms with E-state index in [-0.39, 0.29) is 16.7 Å². The zero-order valence-electron chi connectivity index (χ0n) is 23.7. The van der Waals surface area contributed by atoms with E-state index in [1.807, 2.05) is 17.3 Å². The molecule has 7 nitrogen and oxygen atoms in total. The summed E-state index contributed by atoms with van der Waals surface area (Å²) in [6, 6.07) is 9.63. The van der Waals surface area contributed by atoms with Crippen molar-refractivity contribution in [3.05, 3.63) is 47.8 Å². The Balaban J connectivity index is 1.36. The van der Waals surface area contributed by atoms with Gasteiger partial charge in [-0.25, -0.2) is 9.97 Å². The second-order valence-corrected chi connectivity index (χ2v) is 12.4. The highest BCUT2D eigenvalue weighted by molar-refractivity contribution is 5.73. The van der Waals surface area contributed by atoms with Crippen LogP contribution in [0, 0.1) is 0 Å². The molecule has 4 rings (SSSR count). The minimum absolute atomic E-state index is 0.0250. The third kappa shape index (κ3) is 7.22. The van der Waals surface area contributed by atoms with Crippen LogP contribution in [-0.4, -0.2) is 71.0 Å². The number of hydrogen-bond acceptors (Lipinski definition) is 6. The van der Waals surface area contributed by atoms with Crippen LogP contribution >= 0.6 is 0 Å². The summed E-state index contributed by atoms with van der Waals surface area (Å²) in [4.78, 5) is 25.1. The Labute approximate surface area is 223 Å². The predicted molar refractivity (Wildman–Crippen MR) is 152 cm³/mol. The summed E-state index contributed by atoms with van der Waals surface area (Å²) in [5.74, 6) is 2.10. The third-order valence-electron chi connectivity index (χ3n) is 8.49. The first-order chi connectivity index (χ1) is 17.5. The fraction of sp³-hybridized carbons (Fsp3) is 0.633. The number of nitrogens with one attached hydrogen (secondary N) is 2. The van der Waals surface area contributed by atoms with Crippen LogP contribution in [0.15, 0.2) is 36.7 Å². The highest BCUT2D eigenvalue weighted by Crippen LogP contribution is 2.37. The molecule has 0 saturated carbocycles. The van der Waals surface area contributed by atoms with Gasteiger partial charge in [-0.1, -0.05) is 27.7 Å². The van der Waals surface area contributed by atoms with Gasteiger partial charge in [0.15, 0.2) is 0 Å². The van der Waals surface area contributed by atoms with E-state index in [9.17, 15) is 4.79 Å². The van der Waals surface area contributed by atoms with Crippen molar-refractivity contribution in [1.82, 2.24) is 19.8 Å². The second kappa shape index (κ2) is 11.4. The molecule has 0 aliphatic carbocycles. The van der Waals surface area contributed by atoms with Crippen molar-refractivity contribution in [3.63, 3.8) is 0 Å². The summed E-state index contributed by atoms with van der Waals surface area (Å²) < 4.78 is 0. The summed E-state index contributed by atoms with van der Waals surface area (Å²) in [5, 5.41) is 7.27. The lowest BCUT2D eigenvalue weighted by atomic mass is 9.73. The summed E-state index contributed by atoms with van der Waals surface area (Å²) >= 11 is 0. The molecular weight excluding hydrogens is 460 g/mol. The maximum absolute atomic E-state index is 11.6. The van der Waals surface area contributed by atoms with Crippen molar-refractivity contribution in [2.24, 2.45) is 0 Å². The Kier molecular flexibility index (Phi) is 8.42. The Bertz CT molecular complexity index is 1060. The normalized spacial score (nSPS) is 19.7. The van der Waals surface area contributed by atoms with Crippen LogP contribution in [0.5, 0.6) is 0 Å². The molecule has 2 saturated heterocycles. The van der Waals surface area contributed by atoms with Gasteiger partial charge in [-0.2, -0.15) is 0 Å².